The van der Waals surface area contributed by atoms with Gasteiger partial charge in [0.25, 0.3) is 0 Å². The molecule has 1 aromatic rings. The van der Waals surface area contributed by atoms with Crippen molar-refractivity contribution in [3.05, 3.63) is 41.5 Å². The van der Waals surface area contributed by atoms with Gasteiger partial charge in [-0.15, -0.1) is 0 Å². The molecule has 1 amide bonds. The van der Waals surface area contributed by atoms with Gasteiger partial charge in [-0.1, -0.05) is 18.2 Å². The Morgan fingerprint density at radius 3 is 2.57 bits per heavy atom. The Morgan fingerprint density at radius 2 is 2.00 bits per heavy atom. The minimum absolute atomic E-state index is 0.263. The molecule has 0 aliphatic carbocycles. The molecule has 2 rings (SSSR count). The number of nitrogens with zero attached hydrogens (tertiary/aromatic N) is 1. The minimum Gasteiger partial charge on any atom is -0.444 e. The molecule has 1 aromatic carbocycles. The molecular weight excluding hydrogens is 276 g/mol. The van der Waals surface area contributed by atoms with Crippen molar-refractivity contribution in [3.63, 3.8) is 0 Å². The Hall–Kier alpha value is -1.91. The van der Waals surface area contributed by atoms with Crippen molar-refractivity contribution in [3.8, 4) is 0 Å². The van der Waals surface area contributed by atoms with Crippen LogP contribution < -0.4 is 0 Å². The maximum absolute atomic E-state index is 13.7. The highest BCUT2D eigenvalue weighted by Crippen LogP contribution is 2.26. The van der Waals surface area contributed by atoms with Crippen LogP contribution in [0.1, 0.15) is 32.8 Å². The summed E-state index contributed by atoms with van der Waals surface area (Å²) in [5, 5.41) is 0. The highest BCUT2D eigenvalue weighted by atomic mass is 19.2. The summed E-state index contributed by atoms with van der Waals surface area (Å²) in [4.78, 5) is 13.5. The molecule has 0 atom stereocenters. The SMILES string of the molecule is CC(C)(C)OC(=O)N1CC=C(c2cccc(F)c2F)CC1. The monoisotopic (exact) mass is 295 g/mol. The quantitative estimate of drug-likeness (QED) is 0.784. The topological polar surface area (TPSA) is 29.5 Å². The van der Waals surface area contributed by atoms with E-state index in [2.05, 4.69) is 0 Å². The van der Waals surface area contributed by atoms with Gasteiger partial charge in [0.15, 0.2) is 11.6 Å². The van der Waals surface area contributed by atoms with E-state index in [1.165, 1.54) is 6.07 Å². The lowest BCUT2D eigenvalue weighted by Gasteiger charge is -2.29. The standard InChI is InChI=1S/C16H19F2NO2/c1-16(2,3)21-15(20)19-9-7-11(8-10-19)12-5-4-6-13(17)14(12)18/h4-7H,8-10H2,1-3H3. The Bertz CT molecular complexity index is 576. The Morgan fingerprint density at radius 1 is 1.29 bits per heavy atom. The first-order chi connectivity index (χ1) is 9.78. The molecule has 3 nitrogen and oxygen atoms in total. The number of halogens is 2. The number of hydrogen-bond donors (Lipinski definition) is 0. The second-order valence-corrected chi connectivity index (χ2v) is 6.01. The predicted molar refractivity (Wildman–Crippen MR) is 76.8 cm³/mol. The first kappa shape index (κ1) is 15.5. The van der Waals surface area contributed by atoms with E-state index < -0.39 is 23.3 Å². The summed E-state index contributed by atoms with van der Waals surface area (Å²) in [5.41, 5.74) is 0.432. The van der Waals surface area contributed by atoms with Crippen molar-refractivity contribution in [2.45, 2.75) is 32.8 Å². The van der Waals surface area contributed by atoms with Gasteiger partial charge in [-0.2, -0.15) is 0 Å². The summed E-state index contributed by atoms with van der Waals surface area (Å²) < 4.78 is 32.3. The zero-order chi connectivity index (χ0) is 15.6. The fraction of sp³-hybridized carbons (Fsp3) is 0.438. The summed E-state index contributed by atoms with van der Waals surface area (Å²) in [7, 11) is 0. The lowest BCUT2D eigenvalue weighted by molar-refractivity contribution is 0.0270. The second kappa shape index (κ2) is 5.84. The Balaban J connectivity index is 2.09. The third-order valence-electron chi connectivity index (χ3n) is 3.16. The van der Waals surface area contributed by atoms with Crippen molar-refractivity contribution in [2.75, 3.05) is 13.1 Å². The van der Waals surface area contributed by atoms with E-state index in [4.69, 9.17) is 4.74 Å². The lowest BCUT2D eigenvalue weighted by Crippen LogP contribution is -2.39. The number of carbonyl (C=O) groups is 1. The molecule has 114 valence electrons. The van der Waals surface area contributed by atoms with Crippen LogP contribution in [0.5, 0.6) is 0 Å². The summed E-state index contributed by atoms with van der Waals surface area (Å²) in [6.45, 7) is 6.17. The van der Waals surface area contributed by atoms with Crippen LogP contribution in [0.3, 0.4) is 0 Å². The molecule has 0 unspecified atom stereocenters. The van der Waals surface area contributed by atoms with Gasteiger partial charge in [0, 0.05) is 18.7 Å². The average Bonchev–Trinajstić information content (AvgIpc) is 2.40. The molecule has 0 bridgehead atoms. The molecule has 0 radical (unpaired) electrons. The molecule has 5 heteroatoms. The average molecular weight is 295 g/mol. The van der Waals surface area contributed by atoms with Crippen LogP contribution in [0.2, 0.25) is 0 Å². The predicted octanol–water partition coefficient (Wildman–Crippen LogP) is 3.99. The van der Waals surface area contributed by atoms with Gasteiger partial charge in [-0.3, -0.25) is 0 Å². The fourth-order valence-corrected chi connectivity index (χ4v) is 2.16. The lowest BCUT2D eigenvalue weighted by atomic mass is 9.99. The third-order valence-corrected chi connectivity index (χ3v) is 3.16. The molecule has 0 aromatic heterocycles. The van der Waals surface area contributed by atoms with Gasteiger partial charge in [0.2, 0.25) is 0 Å². The molecule has 21 heavy (non-hydrogen) atoms. The van der Waals surface area contributed by atoms with Crippen LogP contribution in [-0.2, 0) is 4.74 Å². The zero-order valence-electron chi connectivity index (χ0n) is 12.5. The Labute approximate surface area is 123 Å². The van der Waals surface area contributed by atoms with Crippen molar-refractivity contribution in [1.29, 1.82) is 0 Å². The number of amides is 1. The van der Waals surface area contributed by atoms with Gasteiger partial charge >= 0.3 is 6.09 Å². The summed E-state index contributed by atoms with van der Waals surface area (Å²) in [6, 6.07) is 4.12. The zero-order valence-corrected chi connectivity index (χ0v) is 12.5. The van der Waals surface area contributed by atoms with Gasteiger partial charge in [0.05, 0.1) is 0 Å². The van der Waals surface area contributed by atoms with Gasteiger partial charge in [-0.05, 0) is 38.8 Å². The van der Waals surface area contributed by atoms with Gasteiger partial charge in [-0.25, -0.2) is 13.6 Å². The van der Waals surface area contributed by atoms with Gasteiger partial charge < -0.3 is 9.64 Å². The number of ether oxygens (including phenoxy) is 1. The smallest absolute Gasteiger partial charge is 0.410 e. The number of carbonyl (C=O) groups excluding carboxylic acids is 1. The maximum Gasteiger partial charge on any atom is 0.410 e. The first-order valence-electron chi connectivity index (χ1n) is 6.89. The molecule has 0 fully saturated rings. The fourth-order valence-electron chi connectivity index (χ4n) is 2.16. The number of hydrogen-bond acceptors (Lipinski definition) is 2. The van der Waals surface area contributed by atoms with Crippen LogP contribution >= 0.6 is 0 Å². The van der Waals surface area contributed by atoms with Crippen LogP contribution in [0.4, 0.5) is 13.6 Å². The minimum atomic E-state index is -0.858. The van der Waals surface area contributed by atoms with Crippen molar-refractivity contribution in [1.82, 2.24) is 4.90 Å². The van der Waals surface area contributed by atoms with Gasteiger partial charge in [0.1, 0.15) is 5.60 Å². The normalized spacial score (nSPS) is 15.7. The van der Waals surface area contributed by atoms with Crippen molar-refractivity contribution in [2.24, 2.45) is 0 Å². The highest BCUT2D eigenvalue weighted by molar-refractivity contribution is 5.73. The molecule has 0 saturated carbocycles. The van der Waals surface area contributed by atoms with E-state index in [0.29, 0.717) is 25.1 Å². The molecule has 0 saturated heterocycles. The third kappa shape index (κ3) is 3.80. The second-order valence-electron chi connectivity index (χ2n) is 6.01. The summed E-state index contributed by atoms with van der Waals surface area (Å²) >= 11 is 0. The molecule has 0 N–H and O–H groups in total. The molecule has 0 spiro atoms. The van der Waals surface area contributed by atoms with Crippen LogP contribution in [-0.4, -0.2) is 29.7 Å². The number of rotatable bonds is 1. The molecule has 1 aliphatic heterocycles. The van der Waals surface area contributed by atoms with E-state index in [1.807, 2.05) is 0 Å². The van der Waals surface area contributed by atoms with Crippen molar-refractivity contribution >= 4 is 11.7 Å². The molecule has 1 aliphatic rings. The maximum atomic E-state index is 13.7. The Kier molecular flexibility index (Phi) is 4.30. The largest absolute Gasteiger partial charge is 0.444 e. The highest BCUT2D eigenvalue weighted by Gasteiger charge is 2.24. The number of benzene rings is 1. The van der Waals surface area contributed by atoms with E-state index >= 15 is 0 Å². The van der Waals surface area contributed by atoms with E-state index in [9.17, 15) is 13.6 Å². The van der Waals surface area contributed by atoms with E-state index in [0.717, 1.165) is 6.07 Å². The van der Waals surface area contributed by atoms with Crippen LogP contribution in [0, 0.1) is 11.6 Å². The first-order valence-corrected chi connectivity index (χ1v) is 6.89. The van der Waals surface area contributed by atoms with Crippen LogP contribution in [0.15, 0.2) is 24.3 Å². The van der Waals surface area contributed by atoms with E-state index in [-0.39, 0.29) is 5.56 Å². The molecule has 1 heterocycles. The van der Waals surface area contributed by atoms with Crippen LogP contribution in [0.25, 0.3) is 5.57 Å². The summed E-state index contributed by atoms with van der Waals surface area (Å²) in [6.07, 6.45) is 1.82. The van der Waals surface area contributed by atoms with E-state index in [1.54, 1.807) is 37.8 Å². The summed E-state index contributed by atoms with van der Waals surface area (Å²) in [5.74, 6) is -1.70. The molecular formula is C16H19F2NO2. The van der Waals surface area contributed by atoms with Crippen molar-refractivity contribution < 1.29 is 18.3 Å².